The molecule has 0 unspecified atom stereocenters. The van der Waals surface area contributed by atoms with E-state index in [2.05, 4.69) is 15.1 Å². The van der Waals surface area contributed by atoms with Crippen molar-refractivity contribution in [2.24, 2.45) is 0 Å². The van der Waals surface area contributed by atoms with Crippen molar-refractivity contribution in [1.82, 2.24) is 24.6 Å². The number of hydrogen-bond donors (Lipinski definition) is 0. The van der Waals surface area contributed by atoms with E-state index in [0.29, 0.717) is 29.7 Å². The van der Waals surface area contributed by atoms with Crippen molar-refractivity contribution in [3.05, 3.63) is 65.7 Å². The Kier molecular flexibility index (Phi) is 6.24. The minimum absolute atomic E-state index is 0.0799. The maximum absolute atomic E-state index is 12.7. The van der Waals surface area contributed by atoms with E-state index in [1.54, 1.807) is 17.1 Å². The van der Waals surface area contributed by atoms with Crippen molar-refractivity contribution >= 4 is 17.7 Å². The minimum Gasteiger partial charge on any atom is -0.338 e. The molecule has 3 aromatic rings. The lowest BCUT2D eigenvalue weighted by Crippen LogP contribution is -2.31. The molecule has 0 fully saturated rings. The van der Waals surface area contributed by atoms with E-state index in [4.69, 9.17) is 0 Å². The summed E-state index contributed by atoms with van der Waals surface area (Å²) in [6.07, 6.45) is 3.29. The number of aryl methyl sites for hydroxylation is 2. The fraction of sp³-hybridized carbons (Fsp3) is 0.300. The summed E-state index contributed by atoms with van der Waals surface area (Å²) in [6, 6.07) is 12.0. The molecule has 7 heteroatoms. The minimum atomic E-state index is 0.0799. The van der Waals surface area contributed by atoms with E-state index < -0.39 is 0 Å². The van der Waals surface area contributed by atoms with Crippen LogP contribution in [-0.4, -0.2) is 42.9 Å². The summed E-state index contributed by atoms with van der Waals surface area (Å²) in [7, 11) is 0. The largest absolute Gasteiger partial charge is 0.338 e. The first-order valence-corrected chi connectivity index (χ1v) is 9.86. The summed E-state index contributed by atoms with van der Waals surface area (Å²) in [5, 5.41) is 5.18. The summed E-state index contributed by atoms with van der Waals surface area (Å²) in [5.74, 6) is 1.05. The molecule has 0 spiro atoms. The van der Waals surface area contributed by atoms with Crippen LogP contribution in [0.2, 0.25) is 0 Å². The second kappa shape index (κ2) is 8.81. The van der Waals surface area contributed by atoms with Gasteiger partial charge >= 0.3 is 0 Å². The van der Waals surface area contributed by atoms with Crippen molar-refractivity contribution in [3.63, 3.8) is 0 Å². The normalized spacial score (nSPS) is 10.8. The van der Waals surface area contributed by atoms with Gasteiger partial charge in [-0.2, -0.15) is 5.10 Å². The van der Waals surface area contributed by atoms with Crippen molar-refractivity contribution in [3.8, 4) is 5.82 Å². The number of rotatable bonds is 7. The molecule has 0 aliphatic heterocycles. The highest BCUT2D eigenvalue weighted by molar-refractivity contribution is 8.00. The number of carbonyl (C=O) groups excluding carboxylic acids is 1. The predicted molar refractivity (Wildman–Crippen MR) is 107 cm³/mol. The number of thioether (sulfide) groups is 1. The maximum atomic E-state index is 12.7. The first kappa shape index (κ1) is 19.1. The van der Waals surface area contributed by atoms with E-state index in [9.17, 15) is 4.79 Å². The maximum Gasteiger partial charge on any atom is 0.233 e. The summed E-state index contributed by atoms with van der Waals surface area (Å²) in [6.45, 7) is 7.20. The first-order valence-electron chi connectivity index (χ1n) is 8.87. The Labute approximate surface area is 163 Å². The quantitative estimate of drug-likeness (QED) is 0.587. The van der Waals surface area contributed by atoms with Gasteiger partial charge < -0.3 is 4.90 Å². The van der Waals surface area contributed by atoms with Gasteiger partial charge in [0.15, 0.2) is 5.82 Å². The van der Waals surface area contributed by atoms with Gasteiger partial charge in [0, 0.05) is 31.2 Å². The average Bonchev–Trinajstić information content (AvgIpc) is 3.03. The number of aromatic nitrogens is 4. The van der Waals surface area contributed by atoms with Crippen molar-refractivity contribution in [2.75, 3.05) is 12.3 Å². The second-order valence-electron chi connectivity index (χ2n) is 6.21. The molecule has 0 radical (unpaired) electrons. The number of nitrogens with zero attached hydrogens (tertiary/aromatic N) is 5. The van der Waals surface area contributed by atoms with E-state index in [0.717, 1.165) is 17.0 Å². The van der Waals surface area contributed by atoms with Gasteiger partial charge in [0.05, 0.1) is 11.4 Å². The van der Waals surface area contributed by atoms with Gasteiger partial charge in [-0.3, -0.25) is 4.79 Å². The highest BCUT2D eigenvalue weighted by Gasteiger charge is 2.16. The molecule has 2 aromatic heterocycles. The first-order chi connectivity index (χ1) is 13.1. The Morgan fingerprint density at radius 1 is 1.15 bits per heavy atom. The smallest absolute Gasteiger partial charge is 0.233 e. The van der Waals surface area contributed by atoms with Crippen LogP contribution in [0.25, 0.3) is 5.82 Å². The van der Waals surface area contributed by atoms with Crippen LogP contribution < -0.4 is 0 Å². The zero-order valence-electron chi connectivity index (χ0n) is 15.8. The van der Waals surface area contributed by atoms with Gasteiger partial charge in [0.25, 0.3) is 0 Å². The molecule has 0 aliphatic carbocycles. The van der Waals surface area contributed by atoms with Crippen LogP contribution in [0.1, 0.15) is 23.9 Å². The van der Waals surface area contributed by atoms with Gasteiger partial charge in [-0.25, -0.2) is 14.6 Å². The molecule has 0 saturated heterocycles. The zero-order chi connectivity index (χ0) is 19.2. The Morgan fingerprint density at radius 3 is 2.56 bits per heavy atom. The number of hydrogen-bond acceptors (Lipinski definition) is 5. The van der Waals surface area contributed by atoms with Crippen LogP contribution in [0.15, 0.2) is 53.8 Å². The number of carbonyl (C=O) groups is 1. The van der Waals surface area contributed by atoms with Crippen LogP contribution in [0.3, 0.4) is 0 Å². The molecule has 0 aliphatic rings. The topological polar surface area (TPSA) is 63.9 Å². The van der Waals surface area contributed by atoms with Gasteiger partial charge in [-0.1, -0.05) is 42.1 Å². The van der Waals surface area contributed by atoms with Crippen LogP contribution in [0.4, 0.5) is 0 Å². The molecule has 0 saturated carbocycles. The fourth-order valence-electron chi connectivity index (χ4n) is 2.81. The van der Waals surface area contributed by atoms with Gasteiger partial charge in [-0.05, 0) is 32.4 Å². The Bertz CT molecular complexity index is 910. The van der Waals surface area contributed by atoms with Crippen LogP contribution in [-0.2, 0) is 11.3 Å². The molecule has 2 heterocycles. The Balaban J connectivity index is 1.71. The molecule has 1 aromatic carbocycles. The van der Waals surface area contributed by atoms with E-state index >= 15 is 0 Å². The molecule has 140 valence electrons. The molecular formula is C20H23N5OS. The highest BCUT2D eigenvalue weighted by Crippen LogP contribution is 2.23. The zero-order valence-corrected chi connectivity index (χ0v) is 16.6. The molecule has 3 rings (SSSR count). The third-order valence-electron chi connectivity index (χ3n) is 4.14. The van der Waals surface area contributed by atoms with E-state index in [1.807, 2.05) is 62.1 Å². The van der Waals surface area contributed by atoms with Gasteiger partial charge in [-0.15, -0.1) is 0 Å². The van der Waals surface area contributed by atoms with Crippen LogP contribution >= 0.6 is 11.8 Å². The lowest BCUT2D eigenvalue weighted by atomic mass is 10.2. The van der Waals surface area contributed by atoms with Crippen LogP contribution in [0, 0.1) is 13.8 Å². The molecule has 0 N–H and O–H groups in total. The summed E-state index contributed by atoms with van der Waals surface area (Å²) < 4.78 is 1.77. The van der Waals surface area contributed by atoms with Gasteiger partial charge in [0.2, 0.25) is 5.91 Å². The SMILES string of the molecule is CCN(Cc1ccccc1)C(=O)CSc1nccnc1-n1nc(C)cc1C. The van der Waals surface area contributed by atoms with Crippen molar-refractivity contribution in [2.45, 2.75) is 32.3 Å². The number of amides is 1. The van der Waals surface area contributed by atoms with E-state index in [1.165, 1.54) is 11.8 Å². The highest BCUT2D eigenvalue weighted by atomic mass is 32.2. The molecule has 0 bridgehead atoms. The molecule has 27 heavy (non-hydrogen) atoms. The summed E-state index contributed by atoms with van der Waals surface area (Å²) >= 11 is 1.40. The third-order valence-corrected chi connectivity index (χ3v) is 5.09. The predicted octanol–water partition coefficient (Wildman–Crippen LogP) is 3.42. The lowest BCUT2D eigenvalue weighted by molar-refractivity contribution is -0.128. The summed E-state index contributed by atoms with van der Waals surface area (Å²) in [5.41, 5.74) is 3.03. The van der Waals surface area contributed by atoms with Crippen molar-refractivity contribution in [1.29, 1.82) is 0 Å². The van der Waals surface area contributed by atoms with E-state index in [-0.39, 0.29) is 5.91 Å². The summed E-state index contributed by atoms with van der Waals surface area (Å²) in [4.78, 5) is 23.4. The number of benzene rings is 1. The fourth-order valence-corrected chi connectivity index (χ4v) is 3.66. The standard InChI is InChI=1S/C20H23N5OS/c1-4-24(13-17-8-6-5-7-9-17)18(26)14-27-20-19(21-10-11-22-20)25-16(3)12-15(2)23-25/h5-12H,4,13-14H2,1-3H3. The second-order valence-corrected chi connectivity index (χ2v) is 7.17. The molecule has 0 atom stereocenters. The van der Waals surface area contributed by atoms with Crippen LogP contribution in [0.5, 0.6) is 0 Å². The molecular weight excluding hydrogens is 358 g/mol. The molecule has 1 amide bonds. The Hall–Kier alpha value is -2.67. The average molecular weight is 382 g/mol. The third kappa shape index (κ3) is 4.74. The van der Waals surface area contributed by atoms with Gasteiger partial charge in [0.1, 0.15) is 5.03 Å². The van der Waals surface area contributed by atoms with Crippen molar-refractivity contribution < 1.29 is 4.79 Å². The molecule has 6 nitrogen and oxygen atoms in total. The lowest BCUT2D eigenvalue weighted by Gasteiger charge is -2.21. The Morgan fingerprint density at radius 2 is 1.89 bits per heavy atom. The monoisotopic (exact) mass is 381 g/mol.